The Labute approximate surface area is 119 Å². The predicted molar refractivity (Wildman–Crippen MR) is 75.8 cm³/mol. The number of amides is 1. The van der Waals surface area contributed by atoms with Gasteiger partial charge in [0.05, 0.1) is 12.5 Å². The first kappa shape index (κ1) is 16.0. The van der Waals surface area contributed by atoms with E-state index in [2.05, 4.69) is 0 Å². The Kier molecular flexibility index (Phi) is 6.03. The topological polar surface area (TPSA) is 66.8 Å². The van der Waals surface area contributed by atoms with Crippen molar-refractivity contribution in [2.45, 2.75) is 33.3 Å². The van der Waals surface area contributed by atoms with Crippen LogP contribution in [-0.4, -0.2) is 41.1 Å². The number of nitrogens with zero attached hydrogens (tertiary/aromatic N) is 1. The minimum absolute atomic E-state index is 0.0695. The molecule has 0 saturated heterocycles. The summed E-state index contributed by atoms with van der Waals surface area (Å²) in [5.74, 6) is -0.486. The average Bonchev–Trinajstić information content (AvgIpc) is 2.35. The lowest BCUT2D eigenvalue weighted by Crippen LogP contribution is -2.36. The molecule has 0 aliphatic heterocycles. The molecule has 0 aliphatic rings. The smallest absolute Gasteiger partial charge is 0.323 e. The van der Waals surface area contributed by atoms with Gasteiger partial charge in [0, 0.05) is 6.54 Å². The van der Waals surface area contributed by atoms with Crippen molar-refractivity contribution in [3.63, 3.8) is 0 Å². The average molecular weight is 279 g/mol. The van der Waals surface area contributed by atoms with Crippen LogP contribution in [0.3, 0.4) is 0 Å². The van der Waals surface area contributed by atoms with Gasteiger partial charge in [-0.05, 0) is 38.5 Å². The lowest BCUT2D eigenvalue weighted by Gasteiger charge is -2.18. The molecule has 0 aromatic heterocycles. The molecular weight excluding hydrogens is 258 g/mol. The van der Waals surface area contributed by atoms with Crippen LogP contribution >= 0.6 is 0 Å². The maximum Gasteiger partial charge on any atom is 0.323 e. The zero-order chi connectivity index (χ0) is 15.1. The molecule has 0 radical (unpaired) electrons. The molecule has 1 amide bonds. The van der Waals surface area contributed by atoms with E-state index < -0.39 is 5.97 Å². The number of rotatable bonds is 7. The first-order valence-electron chi connectivity index (χ1n) is 6.67. The van der Waals surface area contributed by atoms with E-state index in [1.807, 2.05) is 38.1 Å². The molecule has 5 nitrogen and oxygen atoms in total. The van der Waals surface area contributed by atoms with Gasteiger partial charge in [-0.25, -0.2) is 0 Å². The van der Waals surface area contributed by atoms with E-state index in [0.717, 1.165) is 5.56 Å². The number of likely N-dealkylation sites (N-methyl/N-ethyl adjacent to an activating group) is 1. The Morgan fingerprint density at radius 2 is 2.05 bits per heavy atom. The monoisotopic (exact) mass is 279 g/mol. The molecule has 0 heterocycles. The molecule has 5 heteroatoms. The summed E-state index contributed by atoms with van der Waals surface area (Å²) in [4.78, 5) is 24.0. The van der Waals surface area contributed by atoms with Gasteiger partial charge in [0.15, 0.2) is 0 Å². The summed E-state index contributed by atoms with van der Waals surface area (Å²) in [6, 6.07) is 7.31. The fourth-order valence-corrected chi connectivity index (χ4v) is 1.83. The Morgan fingerprint density at radius 1 is 1.35 bits per heavy atom. The van der Waals surface area contributed by atoms with Crippen molar-refractivity contribution in [3.8, 4) is 5.75 Å². The Morgan fingerprint density at radius 3 is 2.60 bits per heavy atom. The van der Waals surface area contributed by atoms with E-state index in [1.165, 1.54) is 4.90 Å². The molecule has 0 fully saturated rings. The van der Waals surface area contributed by atoms with Crippen molar-refractivity contribution in [1.82, 2.24) is 4.90 Å². The number of carboxylic acids is 1. The van der Waals surface area contributed by atoms with Gasteiger partial charge in [0.2, 0.25) is 5.91 Å². The summed E-state index contributed by atoms with van der Waals surface area (Å²) in [6.07, 6.45) is 0.247. The second-order valence-electron chi connectivity index (χ2n) is 4.79. The van der Waals surface area contributed by atoms with Crippen LogP contribution < -0.4 is 4.74 Å². The highest BCUT2D eigenvalue weighted by molar-refractivity contribution is 5.83. The van der Waals surface area contributed by atoms with E-state index >= 15 is 0 Å². The molecule has 0 aliphatic carbocycles. The Bertz CT molecular complexity index is 471. The van der Waals surface area contributed by atoms with Gasteiger partial charge in [0.1, 0.15) is 12.3 Å². The maximum atomic E-state index is 12.0. The van der Waals surface area contributed by atoms with Crippen molar-refractivity contribution in [2.24, 2.45) is 0 Å². The van der Waals surface area contributed by atoms with Crippen molar-refractivity contribution in [3.05, 3.63) is 29.8 Å². The second-order valence-corrected chi connectivity index (χ2v) is 4.79. The van der Waals surface area contributed by atoms with Crippen LogP contribution in [0.1, 0.15) is 26.3 Å². The third kappa shape index (κ3) is 5.30. The molecule has 0 spiro atoms. The lowest BCUT2D eigenvalue weighted by atomic mass is 10.1. The van der Waals surface area contributed by atoms with Gasteiger partial charge < -0.3 is 14.7 Å². The number of carboxylic acid groups (broad SMARTS) is 1. The Balaban J connectivity index is 2.71. The van der Waals surface area contributed by atoms with Crippen LogP contribution in [0.5, 0.6) is 5.75 Å². The van der Waals surface area contributed by atoms with Gasteiger partial charge >= 0.3 is 5.97 Å². The van der Waals surface area contributed by atoms with Gasteiger partial charge in [0.25, 0.3) is 0 Å². The minimum atomic E-state index is -1.00. The number of carbonyl (C=O) groups is 2. The number of benzene rings is 1. The van der Waals surface area contributed by atoms with Crippen molar-refractivity contribution < 1.29 is 19.4 Å². The number of carbonyl (C=O) groups excluding carboxylic acids is 1. The van der Waals surface area contributed by atoms with E-state index in [9.17, 15) is 9.59 Å². The summed E-state index contributed by atoms with van der Waals surface area (Å²) in [7, 11) is 0. The molecular formula is C15H21NO4. The number of hydrogen-bond acceptors (Lipinski definition) is 3. The third-order valence-electron chi connectivity index (χ3n) is 2.69. The molecule has 1 aromatic rings. The first-order valence-corrected chi connectivity index (χ1v) is 6.67. The van der Waals surface area contributed by atoms with E-state index in [4.69, 9.17) is 9.84 Å². The number of aliphatic carboxylic acids is 1. The van der Waals surface area contributed by atoms with Crippen LogP contribution in [0.25, 0.3) is 0 Å². The van der Waals surface area contributed by atoms with Gasteiger partial charge in [-0.2, -0.15) is 0 Å². The lowest BCUT2D eigenvalue weighted by molar-refractivity contribution is -0.144. The van der Waals surface area contributed by atoms with E-state index in [1.54, 1.807) is 6.92 Å². The van der Waals surface area contributed by atoms with Crippen LogP contribution in [0.4, 0.5) is 0 Å². The van der Waals surface area contributed by atoms with Crippen molar-refractivity contribution in [1.29, 1.82) is 0 Å². The summed E-state index contributed by atoms with van der Waals surface area (Å²) >= 11 is 0. The van der Waals surface area contributed by atoms with Crippen LogP contribution in [0.2, 0.25) is 0 Å². The Hall–Kier alpha value is -2.04. The standard InChI is InChI=1S/C15H21NO4/c1-4-16(10-15(18)19)14(17)9-12-6-5-7-13(8-12)20-11(2)3/h5-8,11H,4,9-10H2,1-3H3,(H,18,19). The second kappa shape index (κ2) is 7.53. The van der Waals surface area contributed by atoms with Gasteiger partial charge in [-0.1, -0.05) is 12.1 Å². The zero-order valence-electron chi connectivity index (χ0n) is 12.1. The third-order valence-corrected chi connectivity index (χ3v) is 2.69. The molecule has 0 unspecified atom stereocenters. The van der Waals surface area contributed by atoms with E-state index in [0.29, 0.717) is 12.3 Å². The summed E-state index contributed by atoms with van der Waals surface area (Å²) < 4.78 is 5.57. The van der Waals surface area contributed by atoms with Crippen molar-refractivity contribution in [2.75, 3.05) is 13.1 Å². The van der Waals surface area contributed by atoms with Crippen LogP contribution in [0, 0.1) is 0 Å². The van der Waals surface area contributed by atoms with Gasteiger partial charge in [-0.3, -0.25) is 9.59 Å². The molecule has 0 saturated carbocycles. The quantitative estimate of drug-likeness (QED) is 0.828. The summed E-state index contributed by atoms with van der Waals surface area (Å²) in [6.45, 7) is 5.75. The van der Waals surface area contributed by atoms with Crippen LogP contribution in [0.15, 0.2) is 24.3 Å². The zero-order valence-corrected chi connectivity index (χ0v) is 12.1. The maximum absolute atomic E-state index is 12.0. The molecule has 0 bridgehead atoms. The fraction of sp³-hybridized carbons (Fsp3) is 0.467. The SMILES string of the molecule is CCN(CC(=O)O)C(=O)Cc1cccc(OC(C)C)c1. The summed E-state index contributed by atoms with van der Waals surface area (Å²) in [5, 5.41) is 8.76. The normalized spacial score (nSPS) is 10.4. The van der Waals surface area contributed by atoms with Gasteiger partial charge in [-0.15, -0.1) is 0 Å². The predicted octanol–water partition coefficient (Wildman–Crippen LogP) is 1.95. The molecule has 0 atom stereocenters. The fourth-order valence-electron chi connectivity index (χ4n) is 1.83. The van der Waals surface area contributed by atoms with Crippen LogP contribution in [-0.2, 0) is 16.0 Å². The largest absolute Gasteiger partial charge is 0.491 e. The first-order chi connectivity index (χ1) is 9.42. The van der Waals surface area contributed by atoms with Crippen molar-refractivity contribution >= 4 is 11.9 Å². The molecule has 1 N–H and O–H groups in total. The highest BCUT2D eigenvalue weighted by atomic mass is 16.5. The molecule has 1 rings (SSSR count). The molecule has 110 valence electrons. The minimum Gasteiger partial charge on any atom is -0.491 e. The molecule has 20 heavy (non-hydrogen) atoms. The highest BCUT2D eigenvalue weighted by Crippen LogP contribution is 2.16. The highest BCUT2D eigenvalue weighted by Gasteiger charge is 2.15. The number of hydrogen-bond donors (Lipinski definition) is 1. The van der Waals surface area contributed by atoms with E-state index in [-0.39, 0.29) is 25.0 Å². The molecule has 1 aromatic carbocycles. The number of ether oxygens (including phenoxy) is 1. The summed E-state index contributed by atoms with van der Waals surface area (Å²) in [5.41, 5.74) is 0.817.